The number of halogens is 3. The highest BCUT2D eigenvalue weighted by atomic mass is 35.5. The highest BCUT2D eigenvalue weighted by Gasteiger charge is 2.34. The van der Waals surface area contributed by atoms with Crippen molar-refractivity contribution >= 4 is 74.7 Å². The van der Waals surface area contributed by atoms with Gasteiger partial charge in [-0.2, -0.15) is 0 Å². The lowest BCUT2D eigenvalue weighted by molar-refractivity contribution is 0.163. The SMILES string of the molecule is COc1cccc2c1N1CCN(CCCCn3c(=O)[nH]c4c(sc5ncccc54)c3=O)CC1CO2.Cl.Cl.Cl. The van der Waals surface area contributed by atoms with Gasteiger partial charge in [0.2, 0.25) is 0 Å². The number of para-hydroxylation sites is 1. The molecule has 0 saturated carbocycles. The molecule has 2 aliphatic heterocycles. The van der Waals surface area contributed by atoms with E-state index in [1.807, 2.05) is 30.3 Å². The molecule has 0 radical (unpaired) electrons. The van der Waals surface area contributed by atoms with Crippen molar-refractivity contribution < 1.29 is 9.47 Å². The second kappa shape index (κ2) is 12.6. The van der Waals surface area contributed by atoms with E-state index in [1.165, 1.54) is 15.9 Å². The Bertz CT molecular complexity index is 1510. The first kappa shape index (κ1) is 30.0. The molecule has 0 bridgehead atoms. The molecule has 13 heteroatoms. The number of methoxy groups -OCH3 is 1. The van der Waals surface area contributed by atoms with Crippen molar-refractivity contribution in [2.75, 3.05) is 44.8 Å². The fourth-order valence-corrected chi connectivity index (χ4v) is 6.26. The van der Waals surface area contributed by atoms with Gasteiger partial charge in [0.1, 0.15) is 33.3 Å². The van der Waals surface area contributed by atoms with Crippen LogP contribution in [0.15, 0.2) is 46.1 Å². The smallest absolute Gasteiger partial charge is 0.328 e. The maximum absolute atomic E-state index is 13.0. The molecule has 0 spiro atoms. The first-order valence-electron chi connectivity index (χ1n) is 11.9. The third-order valence-electron chi connectivity index (χ3n) is 6.96. The number of anilines is 1. The van der Waals surface area contributed by atoms with Crippen LogP contribution in [0, 0.1) is 0 Å². The van der Waals surface area contributed by atoms with Crippen LogP contribution in [0.3, 0.4) is 0 Å². The van der Waals surface area contributed by atoms with Crippen LogP contribution in [0.1, 0.15) is 12.8 Å². The third kappa shape index (κ3) is 5.33. The Morgan fingerprint density at radius 2 is 1.92 bits per heavy atom. The number of hydrogen-bond donors (Lipinski definition) is 1. The van der Waals surface area contributed by atoms with Crippen molar-refractivity contribution in [1.29, 1.82) is 0 Å². The van der Waals surface area contributed by atoms with Gasteiger partial charge in [-0.3, -0.25) is 14.3 Å². The summed E-state index contributed by atoms with van der Waals surface area (Å²) in [4.78, 5) is 38.5. The maximum Gasteiger partial charge on any atom is 0.328 e. The predicted molar refractivity (Wildman–Crippen MR) is 159 cm³/mol. The lowest BCUT2D eigenvalue weighted by atomic mass is 10.1. The van der Waals surface area contributed by atoms with Crippen molar-refractivity contribution in [1.82, 2.24) is 19.4 Å². The van der Waals surface area contributed by atoms with Crippen LogP contribution in [0.25, 0.3) is 20.4 Å². The molecule has 206 valence electrons. The summed E-state index contributed by atoms with van der Waals surface area (Å²) in [5.41, 5.74) is 1.06. The molecule has 0 amide bonds. The van der Waals surface area contributed by atoms with Crippen LogP contribution < -0.4 is 25.6 Å². The van der Waals surface area contributed by atoms with E-state index < -0.39 is 0 Å². The first-order valence-corrected chi connectivity index (χ1v) is 12.7. The molecule has 38 heavy (non-hydrogen) atoms. The highest BCUT2D eigenvalue weighted by Crippen LogP contribution is 2.42. The number of aromatic amines is 1. The van der Waals surface area contributed by atoms with Gasteiger partial charge in [0.05, 0.1) is 18.7 Å². The number of ether oxygens (including phenoxy) is 2. The number of aromatic nitrogens is 3. The number of thiophene rings is 1. The molecule has 1 saturated heterocycles. The summed E-state index contributed by atoms with van der Waals surface area (Å²) >= 11 is 1.33. The summed E-state index contributed by atoms with van der Waals surface area (Å²) < 4.78 is 13.5. The zero-order valence-electron chi connectivity index (χ0n) is 20.8. The summed E-state index contributed by atoms with van der Waals surface area (Å²) in [5.74, 6) is 1.74. The van der Waals surface area contributed by atoms with Gasteiger partial charge in [0.25, 0.3) is 5.56 Å². The Labute approximate surface area is 242 Å². The van der Waals surface area contributed by atoms with Crippen LogP contribution in [0.5, 0.6) is 11.5 Å². The fraction of sp³-hybridized carbons (Fsp3) is 0.400. The zero-order valence-corrected chi connectivity index (χ0v) is 24.0. The number of pyridine rings is 1. The Balaban J connectivity index is 0.00000133. The van der Waals surface area contributed by atoms with Crippen LogP contribution in [-0.4, -0.2) is 65.4 Å². The molecular formula is C25H30Cl3N5O4S. The largest absolute Gasteiger partial charge is 0.494 e. The quantitative estimate of drug-likeness (QED) is 0.334. The minimum Gasteiger partial charge on any atom is -0.494 e. The number of rotatable bonds is 6. The number of nitrogens with zero attached hydrogens (tertiary/aromatic N) is 4. The van der Waals surface area contributed by atoms with Crippen LogP contribution >= 0.6 is 48.6 Å². The van der Waals surface area contributed by atoms with Crippen LogP contribution in [0.4, 0.5) is 5.69 Å². The van der Waals surface area contributed by atoms with E-state index >= 15 is 0 Å². The molecule has 5 heterocycles. The van der Waals surface area contributed by atoms with Gasteiger partial charge >= 0.3 is 5.69 Å². The number of unbranched alkanes of at least 4 members (excludes halogenated alkanes) is 1. The Kier molecular flexibility index (Phi) is 9.94. The van der Waals surface area contributed by atoms with Crippen molar-refractivity contribution in [2.45, 2.75) is 25.4 Å². The lowest BCUT2D eigenvalue weighted by Gasteiger charge is -2.46. The summed E-state index contributed by atoms with van der Waals surface area (Å²) in [5, 5.41) is 0.819. The Hall–Kier alpha value is -2.50. The molecule has 1 N–H and O–H groups in total. The molecule has 2 aliphatic rings. The van der Waals surface area contributed by atoms with Gasteiger partial charge in [0.15, 0.2) is 0 Å². The number of hydrogen-bond acceptors (Lipinski definition) is 8. The topological polar surface area (TPSA) is 92.7 Å². The Morgan fingerprint density at radius 1 is 1.11 bits per heavy atom. The maximum atomic E-state index is 13.0. The van der Waals surface area contributed by atoms with Crippen molar-refractivity contribution in [2.24, 2.45) is 0 Å². The standard InChI is InChI=1S/C25H27N5O4S.3ClH/c1-33-18-7-4-8-19-21(18)29-13-12-28(14-16(29)15-34-19)10-2-3-11-30-24(31)22-20(27-25(30)32)17-6-5-9-26-23(17)35-22;;;/h4-9,16H,2-3,10-15H2,1H3,(H,27,32);3*1H. The van der Waals surface area contributed by atoms with E-state index in [-0.39, 0.29) is 54.5 Å². The predicted octanol–water partition coefficient (Wildman–Crippen LogP) is 3.94. The number of fused-ring (bicyclic) bond motifs is 6. The van der Waals surface area contributed by atoms with Crippen LogP contribution in [0.2, 0.25) is 0 Å². The van der Waals surface area contributed by atoms with Gasteiger partial charge in [-0.25, -0.2) is 9.78 Å². The van der Waals surface area contributed by atoms with E-state index in [4.69, 9.17) is 9.47 Å². The first-order chi connectivity index (χ1) is 17.1. The molecule has 1 unspecified atom stereocenters. The molecule has 0 aliphatic carbocycles. The minimum absolute atomic E-state index is 0. The number of benzene rings is 1. The van der Waals surface area contributed by atoms with Gasteiger partial charge in [-0.05, 0) is 43.7 Å². The summed E-state index contributed by atoms with van der Waals surface area (Å²) in [6, 6.07) is 9.91. The lowest BCUT2D eigenvalue weighted by Crippen LogP contribution is -2.57. The van der Waals surface area contributed by atoms with Gasteiger partial charge in [-0.1, -0.05) is 6.07 Å². The average molecular weight is 603 g/mol. The summed E-state index contributed by atoms with van der Waals surface area (Å²) in [6.45, 7) is 4.77. The van der Waals surface area contributed by atoms with Crippen molar-refractivity contribution in [3.05, 3.63) is 57.4 Å². The number of piperazine rings is 1. The third-order valence-corrected chi connectivity index (χ3v) is 8.06. The van der Waals surface area contributed by atoms with Crippen molar-refractivity contribution in [3.63, 3.8) is 0 Å². The van der Waals surface area contributed by atoms with Gasteiger partial charge < -0.3 is 19.4 Å². The molecule has 1 aromatic carbocycles. The normalized spacial score (nSPS) is 16.4. The fourth-order valence-electron chi connectivity index (χ4n) is 5.22. The molecule has 9 nitrogen and oxygen atoms in total. The monoisotopic (exact) mass is 601 g/mol. The molecule has 1 fully saturated rings. The van der Waals surface area contributed by atoms with Crippen LogP contribution in [-0.2, 0) is 6.54 Å². The van der Waals surface area contributed by atoms with Crippen molar-refractivity contribution in [3.8, 4) is 11.5 Å². The number of H-pyrrole nitrogens is 1. The molecule has 6 rings (SSSR count). The van der Waals surface area contributed by atoms with Gasteiger partial charge in [-0.15, -0.1) is 48.6 Å². The van der Waals surface area contributed by atoms with E-state index in [0.29, 0.717) is 23.4 Å². The van der Waals surface area contributed by atoms with E-state index in [1.54, 1.807) is 13.3 Å². The second-order valence-electron chi connectivity index (χ2n) is 9.02. The summed E-state index contributed by atoms with van der Waals surface area (Å²) in [7, 11) is 1.70. The van der Waals surface area contributed by atoms with Gasteiger partial charge in [0, 0.05) is 37.8 Å². The average Bonchev–Trinajstić information content (AvgIpc) is 3.26. The number of nitrogens with one attached hydrogen (secondary N) is 1. The minimum atomic E-state index is -0.355. The van der Waals surface area contributed by atoms with E-state index in [9.17, 15) is 9.59 Å². The summed E-state index contributed by atoms with van der Waals surface area (Å²) in [6.07, 6.45) is 3.36. The molecular weight excluding hydrogens is 573 g/mol. The molecule has 1 atom stereocenters. The Morgan fingerprint density at radius 3 is 2.74 bits per heavy atom. The zero-order chi connectivity index (χ0) is 23.9. The van der Waals surface area contributed by atoms with E-state index in [0.717, 1.165) is 66.4 Å². The highest BCUT2D eigenvalue weighted by molar-refractivity contribution is 7.25. The molecule has 4 aromatic rings. The second-order valence-corrected chi connectivity index (χ2v) is 10.0. The molecule has 3 aromatic heterocycles. The van der Waals surface area contributed by atoms with E-state index in [2.05, 4.69) is 19.8 Å².